The van der Waals surface area contributed by atoms with Crippen LogP contribution in [0.4, 0.5) is 10.5 Å². The molecule has 2 amide bonds. The van der Waals surface area contributed by atoms with Crippen LogP contribution in [-0.4, -0.2) is 12.6 Å². The molecule has 0 aliphatic carbocycles. The molecule has 0 saturated carbocycles. The number of hydrogen-bond acceptors (Lipinski definition) is 5. The molecule has 0 atom stereocenters. The number of halogens is 1. The zero-order valence-electron chi connectivity index (χ0n) is 12.1. The number of carbonyl (C=O) groups excluding carboxylic acids is 1. The summed E-state index contributed by atoms with van der Waals surface area (Å²) in [5.74, 6) is 4.77. The topological polar surface area (TPSA) is 85.6 Å². The maximum absolute atomic E-state index is 11.8. The molecule has 4 N–H and O–H groups in total. The minimum Gasteiger partial charge on any atom is -0.338 e. The van der Waals surface area contributed by atoms with E-state index in [1.54, 1.807) is 0 Å². The number of benzene rings is 2. The summed E-state index contributed by atoms with van der Waals surface area (Å²) in [6, 6.07) is 15.1. The molecule has 0 fully saturated rings. The first kappa shape index (κ1) is 18.0. The highest BCUT2D eigenvalue weighted by Crippen LogP contribution is 2.19. The molecular weight excluding hydrogens is 429 g/mol. The summed E-state index contributed by atoms with van der Waals surface area (Å²) in [5, 5.41) is 5.63. The molecule has 122 valence electrons. The third-order valence-corrected chi connectivity index (χ3v) is 4.16. The van der Waals surface area contributed by atoms with Gasteiger partial charge in [-0.1, -0.05) is 18.2 Å². The molecule has 0 saturated heterocycles. The van der Waals surface area contributed by atoms with Crippen LogP contribution >= 0.6 is 34.6 Å². The van der Waals surface area contributed by atoms with Gasteiger partial charge in [-0.05, 0) is 64.9 Å². The van der Waals surface area contributed by atoms with Gasteiger partial charge in [-0.15, -0.1) is 9.32 Å². The number of amides is 2. The number of carbonyl (C=O) groups is 1. The number of hydrogen-bond donors (Lipinski definition) is 3. The first-order chi connectivity index (χ1) is 11.2. The Kier molecular flexibility index (Phi) is 7.62. The van der Waals surface area contributed by atoms with Crippen molar-refractivity contribution in [3.05, 3.63) is 57.7 Å². The molecule has 0 spiro atoms. The average molecular weight is 445 g/mol. The first-order valence-corrected chi connectivity index (χ1v) is 8.59. The van der Waals surface area contributed by atoms with Crippen LogP contribution in [0.1, 0.15) is 5.56 Å². The van der Waals surface area contributed by atoms with Crippen LogP contribution in [0.5, 0.6) is 0 Å². The third-order valence-electron chi connectivity index (χ3n) is 2.87. The van der Waals surface area contributed by atoms with Crippen molar-refractivity contribution < 1.29 is 14.1 Å². The Morgan fingerprint density at radius 3 is 2.70 bits per heavy atom. The van der Waals surface area contributed by atoms with Gasteiger partial charge in [-0.3, -0.25) is 0 Å². The van der Waals surface area contributed by atoms with Gasteiger partial charge >= 0.3 is 6.03 Å². The largest absolute Gasteiger partial charge is 0.338 e. The van der Waals surface area contributed by atoms with E-state index < -0.39 is 0 Å². The quantitative estimate of drug-likeness (QED) is 0.263. The van der Waals surface area contributed by atoms with E-state index in [0.717, 1.165) is 38.2 Å². The Balaban J connectivity index is 1.72. The Bertz CT molecular complexity index is 640. The van der Waals surface area contributed by atoms with Crippen LogP contribution in [0.3, 0.4) is 0 Å². The second-order valence-corrected chi connectivity index (χ2v) is 6.55. The number of anilines is 1. The summed E-state index contributed by atoms with van der Waals surface area (Å²) < 4.78 is 5.64. The van der Waals surface area contributed by atoms with E-state index in [9.17, 15) is 4.79 Å². The first-order valence-electron chi connectivity index (χ1n) is 6.77. The summed E-state index contributed by atoms with van der Waals surface area (Å²) in [6.07, 6.45) is 0.735. The standard InChI is InChI=1S/C15H16IN3O3S/c16-12-2-1-3-13(10-12)19-15(20)18-9-8-11-4-6-14(7-5-11)23-22-21-17/h1-7,10H,8-9,17H2,(H2,18,19,20). The highest BCUT2D eigenvalue weighted by atomic mass is 127. The Morgan fingerprint density at radius 2 is 2.00 bits per heavy atom. The zero-order valence-corrected chi connectivity index (χ0v) is 15.1. The van der Waals surface area contributed by atoms with Crippen molar-refractivity contribution in [2.24, 2.45) is 5.90 Å². The van der Waals surface area contributed by atoms with Crippen molar-refractivity contribution in [2.45, 2.75) is 11.3 Å². The second-order valence-electron chi connectivity index (χ2n) is 4.53. The van der Waals surface area contributed by atoms with Crippen LogP contribution in [0.2, 0.25) is 0 Å². The predicted octanol–water partition coefficient (Wildman–Crippen LogP) is 3.48. The van der Waals surface area contributed by atoms with Gasteiger partial charge in [0.15, 0.2) is 0 Å². The summed E-state index contributed by atoms with van der Waals surface area (Å²) in [6.45, 7) is 0.546. The molecule has 2 rings (SSSR count). The number of nitrogens with two attached hydrogens (primary N) is 1. The van der Waals surface area contributed by atoms with Gasteiger partial charge < -0.3 is 10.6 Å². The highest BCUT2D eigenvalue weighted by molar-refractivity contribution is 14.1. The highest BCUT2D eigenvalue weighted by Gasteiger charge is 2.02. The Hall–Kier alpha value is -1.33. The lowest BCUT2D eigenvalue weighted by Gasteiger charge is -2.08. The van der Waals surface area contributed by atoms with Crippen molar-refractivity contribution in [3.8, 4) is 0 Å². The van der Waals surface area contributed by atoms with E-state index >= 15 is 0 Å². The van der Waals surface area contributed by atoms with E-state index in [2.05, 4.69) is 42.5 Å². The maximum atomic E-state index is 11.8. The number of rotatable bonds is 7. The molecule has 0 aliphatic rings. The molecule has 2 aromatic rings. The Morgan fingerprint density at radius 1 is 1.22 bits per heavy atom. The van der Waals surface area contributed by atoms with Crippen LogP contribution < -0.4 is 16.5 Å². The van der Waals surface area contributed by atoms with Crippen molar-refractivity contribution in [1.82, 2.24) is 5.32 Å². The fraction of sp³-hybridized carbons (Fsp3) is 0.133. The van der Waals surface area contributed by atoms with Crippen LogP contribution in [0.25, 0.3) is 0 Å². The maximum Gasteiger partial charge on any atom is 0.319 e. The van der Waals surface area contributed by atoms with Gasteiger partial charge in [0.25, 0.3) is 0 Å². The summed E-state index contributed by atoms with van der Waals surface area (Å²) >= 11 is 3.23. The molecule has 0 aromatic heterocycles. The Labute approximate surface area is 152 Å². The fourth-order valence-corrected chi connectivity index (χ4v) is 2.74. The van der Waals surface area contributed by atoms with Crippen molar-refractivity contribution in [1.29, 1.82) is 0 Å². The minimum absolute atomic E-state index is 0.215. The van der Waals surface area contributed by atoms with Gasteiger partial charge in [0.2, 0.25) is 0 Å². The SMILES string of the molecule is NOOSc1ccc(CCNC(=O)Nc2cccc(I)c2)cc1. The van der Waals surface area contributed by atoms with E-state index in [1.807, 2.05) is 48.5 Å². The average Bonchev–Trinajstić information content (AvgIpc) is 2.54. The minimum atomic E-state index is -0.215. The smallest absolute Gasteiger partial charge is 0.319 e. The molecule has 23 heavy (non-hydrogen) atoms. The van der Waals surface area contributed by atoms with Crippen LogP contribution in [0, 0.1) is 3.57 Å². The molecule has 0 radical (unpaired) electrons. The van der Waals surface area contributed by atoms with Crippen molar-refractivity contribution >= 4 is 46.4 Å². The van der Waals surface area contributed by atoms with Gasteiger partial charge in [0.05, 0.1) is 12.0 Å². The monoisotopic (exact) mass is 445 g/mol. The van der Waals surface area contributed by atoms with Gasteiger partial charge in [0.1, 0.15) is 0 Å². The lowest BCUT2D eigenvalue weighted by Crippen LogP contribution is -2.30. The summed E-state index contributed by atoms with van der Waals surface area (Å²) in [7, 11) is 0. The zero-order chi connectivity index (χ0) is 16.5. The van der Waals surface area contributed by atoms with Crippen LogP contribution in [-0.2, 0) is 15.7 Å². The van der Waals surface area contributed by atoms with Crippen molar-refractivity contribution in [2.75, 3.05) is 11.9 Å². The number of urea groups is 1. The second kappa shape index (κ2) is 9.73. The van der Waals surface area contributed by atoms with Crippen LogP contribution in [0.15, 0.2) is 53.4 Å². The molecule has 0 heterocycles. The van der Waals surface area contributed by atoms with E-state index in [1.165, 1.54) is 0 Å². The van der Waals surface area contributed by atoms with Gasteiger partial charge in [-0.2, -0.15) is 5.90 Å². The molecule has 0 aliphatic heterocycles. The van der Waals surface area contributed by atoms with E-state index in [4.69, 9.17) is 5.90 Å². The van der Waals surface area contributed by atoms with Crippen molar-refractivity contribution in [3.63, 3.8) is 0 Å². The lowest BCUT2D eigenvalue weighted by molar-refractivity contribution is -0.195. The molecule has 8 heteroatoms. The summed E-state index contributed by atoms with van der Waals surface area (Å²) in [4.78, 5) is 16.7. The van der Waals surface area contributed by atoms with E-state index in [0.29, 0.717) is 6.54 Å². The predicted molar refractivity (Wildman–Crippen MR) is 98.5 cm³/mol. The van der Waals surface area contributed by atoms with Gasteiger partial charge in [-0.25, -0.2) is 4.79 Å². The normalized spacial score (nSPS) is 10.3. The molecule has 2 aromatic carbocycles. The lowest BCUT2D eigenvalue weighted by atomic mass is 10.1. The van der Waals surface area contributed by atoms with Gasteiger partial charge in [0, 0.05) is 20.7 Å². The summed E-state index contributed by atoms with van der Waals surface area (Å²) in [5.41, 5.74) is 1.88. The fourth-order valence-electron chi connectivity index (χ4n) is 1.83. The molecule has 0 bridgehead atoms. The van der Waals surface area contributed by atoms with E-state index in [-0.39, 0.29) is 6.03 Å². The third kappa shape index (κ3) is 6.75. The molecular formula is C15H16IN3O3S. The molecule has 0 unspecified atom stereocenters. The number of nitrogens with one attached hydrogen (secondary N) is 2. The molecule has 6 nitrogen and oxygen atoms in total.